The lowest BCUT2D eigenvalue weighted by Crippen LogP contribution is -2.43. The fourth-order valence-electron chi connectivity index (χ4n) is 3.01. The molecule has 1 saturated heterocycles. The van der Waals surface area contributed by atoms with Crippen LogP contribution in [-0.4, -0.2) is 36.3 Å². The molecule has 1 aromatic rings. The van der Waals surface area contributed by atoms with Crippen LogP contribution in [0, 0.1) is 11.8 Å². The van der Waals surface area contributed by atoms with Crippen molar-refractivity contribution in [1.82, 2.24) is 10.2 Å². The summed E-state index contributed by atoms with van der Waals surface area (Å²) < 4.78 is 0.938. The maximum absolute atomic E-state index is 12.2. The van der Waals surface area contributed by atoms with Crippen molar-refractivity contribution >= 4 is 27.7 Å². The van der Waals surface area contributed by atoms with Gasteiger partial charge in [0.05, 0.1) is 0 Å². The third kappa shape index (κ3) is 4.83. The molecule has 22 heavy (non-hydrogen) atoms. The van der Waals surface area contributed by atoms with Crippen molar-refractivity contribution in [2.24, 2.45) is 11.8 Å². The number of rotatable bonds is 4. The molecule has 4 nitrogen and oxygen atoms in total. The quantitative estimate of drug-likeness (QED) is 0.889. The minimum atomic E-state index is -0.138. The molecule has 120 valence electrons. The topological polar surface area (TPSA) is 49.4 Å². The van der Waals surface area contributed by atoms with Crippen LogP contribution < -0.4 is 5.32 Å². The fraction of sp³-hybridized carbons (Fsp3) is 0.529. The van der Waals surface area contributed by atoms with Gasteiger partial charge in [-0.15, -0.1) is 0 Å². The Morgan fingerprint density at radius 2 is 1.77 bits per heavy atom. The van der Waals surface area contributed by atoms with Crippen molar-refractivity contribution in [2.75, 3.05) is 19.6 Å². The van der Waals surface area contributed by atoms with Crippen LogP contribution in [0.2, 0.25) is 0 Å². The molecule has 0 aromatic heterocycles. The molecular formula is C17H23BrN2O2. The van der Waals surface area contributed by atoms with E-state index in [1.54, 1.807) is 12.1 Å². The lowest BCUT2D eigenvalue weighted by molar-refractivity contribution is -0.133. The Balaban J connectivity index is 1.77. The van der Waals surface area contributed by atoms with Gasteiger partial charge in [-0.2, -0.15) is 0 Å². The molecule has 1 fully saturated rings. The maximum atomic E-state index is 12.2. The number of hydrogen-bond donors (Lipinski definition) is 1. The molecular weight excluding hydrogens is 344 g/mol. The first kappa shape index (κ1) is 17.0. The zero-order chi connectivity index (χ0) is 16.1. The number of carbonyl (C=O) groups is 2. The van der Waals surface area contributed by atoms with Gasteiger partial charge >= 0.3 is 0 Å². The highest BCUT2D eigenvalue weighted by molar-refractivity contribution is 9.10. The second kappa shape index (κ2) is 7.77. The van der Waals surface area contributed by atoms with Gasteiger partial charge in [0, 0.05) is 36.1 Å². The molecule has 0 unspecified atom stereocenters. The van der Waals surface area contributed by atoms with Gasteiger partial charge in [-0.25, -0.2) is 0 Å². The Hall–Kier alpha value is -1.36. The summed E-state index contributed by atoms with van der Waals surface area (Å²) in [5, 5.41) is 2.81. The molecule has 2 amide bonds. The second-order valence-electron chi connectivity index (χ2n) is 6.26. The lowest BCUT2D eigenvalue weighted by Gasteiger charge is -2.35. The number of hydrogen-bond acceptors (Lipinski definition) is 2. The molecule has 1 heterocycles. The Labute approximate surface area is 140 Å². The summed E-state index contributed by atoms with van der Waals surface area (Å²) in [7, 11) is 0. The van der Waals surface area contributed by atoms with Gasteiger partial charge in [-0.05, 0) is 42.5 Å². The number of likely N-dealkylation sites (tertiary alicyclic amines) is 1. The standard InChI is InChI=1S/C17H23BrN2O2/c1-12-9-13(2)11-20(10-12)16(21)7-8-19-17(22)14-3-5-15(18)6-4-14/h3-6,12-13H,7-11H2,1-2H3,(H,19,22)/t12-,13-/m1/s1. The van der Waals surface area contributed by atoms with Crippen molar-refractivity contribution in [3.63, 3.8) is 0 Å². The zero-order valence-electron chi connectivity index (χ0n) is 13.1. The van der Waals surface area contributed by atoms with Crippen LogP contribution >= 0.6 is 15.9 Å². The Morgan fingerprint density at radius 3 is 2.36 bits per heavy atom. The van der Waals surface area contributed by atoms with Gasteiger partial charge in [-0.1, -0.05) is 29.8 Å². The normalized spacial score (nSPS) is 21.5. The summed E-state index contributed by atoms with van der Waals surface area (Å²) in [4.78, 5) is 26.1. The van der Waals surface area contributed by atoms with Crippen LogP contribution in [0.1, 0.15) is 37.0 Å². The number of nitrogens with one attached hydrogen (secondary N) is 1. The maximum Gasteiger partial charge on any atom is 0.251 e. The van der Waals surface area contributed by atoms with E-state index in [1.807, 2.05) is 17.0 Å². The molecule has 2 atom stereocenters. The second-order valence-corrected chi connectivity index (χ2v) is 7.17. The summed E-state index contributed by atoms with van der Waals surface area (Å²) in [5.74, 6) is 1.12. The van der Waals surface area contributed by atoms with Crippen LogP contribution in [0.4, 0.5) is 0 Å². The zero-order valence-corrected chi connectivity index (χ0v) is 14.7. The number of carbonyl (C=O) groups excluding carboxylic acids is 2. The molecule has 1 aromatic carbocycles. The molecule has 0 radical (unpaired) electrons. The van der Waals surface area contributed by atoms with E-state index in [1.165, 1.54) is 6.42 Å². The van der Waals surface area contributed by atoms with Crippen LogP contribution in [0.5, 0.6) is 0 Å². The first-order valence-electron chi connectivity index (χ1n) is 7.77. The van der Waals surface area contributed by atoms with Crippen LogP contribution in [-0.2, 0) is 4.79 Å². The first-order chi connectivity index (χ1) is 10.5. The minimum Gasteiger partial charge on any atom is -0.352 e. The van der Waals surface area contributed by atoms with Crippen LogP contribution in [0.15, 0.2) is 28.7 Å². The van der Waals surface area contributed by atoms with Gasteiger partial charge in [0.1, 0.15) is 0 Å². The number of benzene rings is 1. The molecule has 5 heteroatoms. The Bertz CT molecular complexity index is 520. The van der Waals surface area contributed by atoms with E-state index >= 15 is 0 Å². The van der Waals surface area contributed by atoms with Gasteiger partial charge in [0.2, 0.25) is 5.91 Å². The lowest BCUT2D eigenvalue weighted by atomic mass is 9.92. The van der Waals surface area contributed by atoms with E-state index in [-0.39, 0.29) is 11.8 Å². The highest BCUT2D eigenvalue weighted by Crippen LogP contribution is 2.21. The van der Waals surface area contributed by atoms with E-state index in [9.17, 15) is 9.59 Å². The smallest absolute Gasteiger partial charge is 0.251 e. The average Bonchev–Trinajstić information content (AvgIpc) is 2.46. The summed E-state index contributed by atoms with van der Waals surface area (Å²) >= 11 is 3.34. The molecule has 0 spiro atoms. The largest absolute Gasteiger partial charge is 0.352 e. The Morgan fingerprint density at radius 1 is 1.18 bits per heavy atom. The predicted molar refractivity (Wildman–Crippen MR) is 90.6 cm³/mol. The molecule has 0 saturated carbocycles. The molecule has 1 N–H and O–H groups in total. The number of nitrogens with zero attached hydrogens (tertiary/aromatic N) is 1. The van der Waals surface area contributed by atoms with E-state index in [2.05, 4.69) is 35.1 Å². The van der Waals surface area contributed by atoms with Crippen molar-refractivity contribution in [1.29, 1.82) is 0 Å². The van der Waals surface area contributed by atoms with E-state index < -0.39 is 0 Å². The number of amides is 2. The summed E-state index contributed by atoms with van der Waals surface area (Å²) in [5.41, 5.74) is 0.607. The number of piperidine rings is 1. The molecule has 0 aliphatic carbocycles. The van der Waals surface area contributed by atoms with Gasteiger partial charge in [-0.3, -0.25) is 9.59 Å². The summed E-state index contributed by atoms with van der Waals surface area (Å²) in [6.07, 6.45) is 1.55. The third-order valence-electron chi connectivity index (χ3n) is 3.95. The summed E-state index contributed by atoms with van der Waals surface area (Å²) in [6.45, 7) is 6.43. The van der Waals surface area contributed by atoms with Gasteiger partial charge in [0.15, 0.2) is 0 Å². The molecule has 1 aliphatic rings. The van der Waals surface area contributed by atoms with Crippen molar-refractivity contribution in [3.05, 3.63) is 34.3 Å². The molecule has 1 aliphatic heterocycles. The van der Waals surface area contributed by atoms with E-state index in [0.717, 1.165) is 17.6 Å². The summed E-state index contributed by atoms with van der Waals surface area (Å²) in [6, 6.07) is 7.18. The van der Waals surface area contributed by atoms with Gasteiger partial charge < -0.3 is 10.2 Å². The average molecular weight is 367 g/mol. The highest BCUT2D eigenvalue weighted by atomic mass is 79.9. The molecule has 2 rings (SSSR count). The van der Waals surface area contributed by atoms with Crippen LogP contribution in [0.3, 0.4) is 0 Å². The SMILES string of the molecule is C[C@@H]1C[C@@H](C)CN(C(=O)CCNC(=O)c2ccc(Br)cc2)C1. The predicted octanol–water partition coefficient (Wildman–Crippen LogP) is 3.07. The van der Waals surface area contributed by atoms with Gasteiger partial charge in [0.25, 0.3) is 5.91 Å². The van der Waals surface area contributed by atoms with E-state index in [0.29, 0.717) is 30.4 Å². The van der Waals surface area contributed by atoms with E-state index in [4.69, 9.17) is 0 Å². The molecule has 0 bridgehead atoms. The first-order valence-corrected chi connectivity index (χ1v) is 8.56. The third-order valence-corrected chi connectivity index (χ3v) is 4.48. The van der Waals surface area contributed by atoms with Crippen LogP contribution in [0.25, 0.3) is 0 Å². The fourth-order valence-corrected chi connectivity index (χ4v) is 3.28. The van der Waals surface area contributed by atoms with Crippen molar-refractivity contribution < 1.29 is 9.59 Å². The highest BCUT2D eigenvalue weighted by Gasteiger charge is 2.24. The van der Waals surface area contributed by atoms with Crippen molar-refractivity contribution in [2.45, 2.75) is 26.7 Å². The number of halogens is 1. The van der Waals surface area contributed by atoms with Crippen molar-refractivity contribution in [3.8, 4) is 0 Å². The Kier molecular flexibility index (Phi) is 6.00. The minimum absolute atomic E-state index is 0.134. The monoisotopic (exact) mass is 366 g/mol.